The molecular weight excluding hydrogens is 1460 g/mol. The van der Waals surface area contributed by atoms with Gasteiger partial charge in [-0.15, -0.1) is 0 Å². The monoisotopic (exact) mass is 1540 g/mol. The number of fused-ring (bicyclic) bond motifs is 1. The molecule has 45 nitrogen and oxygen atoms in total. The fourth-order valence-corrected chi connectivity index (χ4v) is 13.6. The summed E-state index contributed by atoms with van der Waals surface area (Å²) in [5.41, 5.74) is 0. The molecule has 574 valence electrons. The van der Waals surface area contributed by atoms with Gasteiger partial charge in [0.05, 0.1) is 78.2 Å². The lowest BCUT2D eigenvalue weighted by Gasteiger charge is -2.50. The molecule has 0 bridgehead atoms. The fraction of sp³-hybridized carbons (Fsp3) is 0.898. The average Bonchev–Trinajstić information content (AvgIpc) is 1.63. The third-order valence-corrected chi connectivity index (χ3v) is 18.6. The Morgan fingerprint density at radius 2 is 0.960 bits per heavy atom. The molecule has 0 spiro atoms. The Hall–Kier alpha value is -3.74. The molecule has 6 saturated heterocycles. The summed E-state index contributed by atoms with van der Waals surface area (Å²) in [6, 6.07) is -3.74. The fourth-order valence-electron chi connectivity index (χ4n) is 10.8. The molecule has 0 aromatic heterocycles. The van der Waals surface area contributed by atoms with Crippen molar-refractivity contribution in [2.45, 2.75) is 186 Å². The zero-order chi connectivity index (χ0) is 73.2. The number of hydrogen-bond donors (Lipinski definition) is 17. The molecule has 0 aromatic carbocycles. The topological polar surface area (TPSA) is 655 Å². The van der Waals surface area contributed by atoms with Crippen LogP contribution in [0.25, 0.3) is 0 Å². The van der Waals surface area contributed by atoms with Crippen LogP contribution in [-0.4, -0.2) is 349 Å². The van der Waals surface area contributed by atoms with Crippen LogP contribution in [0.1, 0.15) is 46.0 Å². The van der Waals surface area contributed by atoms with E-state index in [1.165, 1.54) is 0 Å². The number of amides is 6. The highest BCUT2D eigenvalue weighted by atomic mass is 32.3. The summed E-state index contributed by atoms with van der Waals surface area (Å²) in [6.07, 6.45) is -37.8. The van der Waals surface area contributed by atoms with Gasteiger partial charge < -0.3 is 120 Å². The molecule has 99 heavy (non-hydrogen) atoms. The van der Waals surface area contributed by atoms with Gasteiger partial charge in [0.1, 0.15) is 104 Å². The largest absolute Gasteiger partial charge is 0.397 e. The molecule has 6 aliphatic rings. The van der Waals surface area contributed by atoms with E-state index in [1.807, 2.05) is 11.8 Å². The summed E-state index contributed by atoms with van der Waals surface area (Å²) < 4.78 is 211. The number of carbonyl (C=O) groups excluding carboxylic acids is 5. The highest BCUT2D eigenvalue weighted by Gasteiger charge is 2.57. The van der Waals surface area contributed by atoms with Crippen molar-refractivity contribution in [3.05, 3.63) is 0 Å². The molecule has 0 saturated carbocycles. The minimum atomic E-state index is -5.48. The Morgan fingerprint density at radius 1 is 0.495 bits per heavy atom. The van der Waals surface area contributed by atoms with Gasteiger partial charge in [0, 0.05) is 44.4 Å². The number of nitrogens with one attached hydrogen (secondary N) is 6. The molecule has 0 aliphatic carbocycles. The standard InChI is InChI=1S/C49H84N6O39S5/c1-22(56)52-33-37(62)42(27(18-86-98(74,75)76)90-45(33)83-10-5-8-50-31(59)20-82-15-14-81-13-12-80-11-9-51-30(58)7-4-3-6-29-32-24(21-95-29)54-49(67)55-32)93-48-41(66)44(36(61)26(89-48)17-85-97(71,72)73)94-46-34(53-23(2)57)38(63)43(28(91-46)19-87-99(77,78)79)92-47-40(65)39(64)35(60)25(88-47)16-84-96(68,69)70/h24-29,32-48,60-66H,3-21H2,1-2H3,(H,50,59)(H,51,58)(H,52,56)(H,53,57)(H2,54,55,67)(H,68,69,70)(H,71,72,73)(H,74,75,76)(H,77,78,79)/t24-,25?,26?,27?,28?,29-,32-,33?,34?,35?,36?,37?,38?,39?,40?,41?,42?,43?,44?,45?,46?,47?,48?/m0/s1. The van der Waals surface area contributed by atoms with E-state index in [0.29, 0.717) is 24.6 Å². The summed E-state index contributed by atoms with van der Waals surface area (Å²) in [5, 5.41) is 95.3. The normalized spacial score (nSPS) is 34.4. The first kappa shape index (κ1) is 84.2. The Morgan fingerprint density at radius 3 is 1.51 bits per heavy atom. The Bertz CT molecular complexity index is 3080. The van der Waals surface area contributed by atoms with Crippen molar-refractivity contribution in [2.75, 3.05) is 91.5 Å². The van der Waals surface area contributed by atoms with Crippen LogP contribution in [0, 0.1) is 0 Å². The number of carbonyl (C=O) groups is 5. The Balaban J connectivity index is 1.04. The maximum absolute atomic E-state index is 12.7. The van der Waals surface area contributed by atoms with Crippen LogP contribution >= 0.6 is 11.8 Å². The van der Waals surface area contributed by atoms with Gasteiger partial charge in [-0.2, -0.15) is 45.4 Å². The molecule has 6 aliphatic heterocycles. The summed E-state index contributed by atoms with van der Waals surface area (Å²) >= 11 is 1.82. The highest BCUT2D eigenvalue weighted by molar-refractivity contribution is 8.00. The number of hydrogen-bond acceptors (Lipinski definition) is 36. The van der Waals surface area contributed by atoms with Crippen LogP contribution in [0.2, 0.25) is 0 Å². The van der Waals surface area contributed by atoms with Gasteiger partial charge >= 0.3 is 47.6 Å². The average molecular weight is 1540 g/mol. The van der Waals surface area contributed by atoms with E-state index in [1.54, 1.807) is 0 Å². The maximum atomic E-state index is 12.7. The van der Waals surface area contributed by atoms with E-state index < -0.39 is 215 Å². The number of aliphatic hydroxyl groups excluding tert-OH is 7. The molecule has 6 amide bonds. The predicted octanol–water partition coefficient (Wildman–Crippen LogP) is -9.73. The zero-order valence-electron chi connectivity index (χ0n) is 52.6. The molecule has 0 aromatic rings. The van der Waals surface area contributed by atoms with Gasteiger partial charge in [-0.1, -0.05) is 6.42 Å². The number of thioether (sulfide) groups is 1. The quantitative estimate of drug-likeness (QED) is 0.0154. The van der Waals surface area contributed by atoms with Gasteiger partial charge in [0.15, 0.2) is 25.2 Å². The zero-order valence-corrected chi connectivity index (χ0v) is 56.7. The molecular formula is C49H84N6O39S5. The number of urea groups is 1. The van der Waals surface area contributed by atoms with E-state index in [0.717, 1.165) is 32.4 Å². The van der Waals surface area contributed by atoms with Crippen LogP contribution < -0.4 is 31.9 Å². The summed E-state index contributed by atoms with van der Waals surface area (Å²) in [4.78, 5) is 61.6. The first-order valence-electron chi connectivity index (χ1n) is 30.3. The van der Waals surface area contributed by atoms with Crippen LogP contribution in [-0.2, 0) is 130 Å². The Kier molecular flexibility index (Phi) is 33.0. The molecule has 6 rings (SSSR count). The molecule has 20 unspecified atom stereocenters. The summed E-state index contributed by atoms with van der Waals surface area (Å²) in [7, 11) is -21.6. The first-order chi connectivity index (χ1) is 46.4. The minimum Gasteiger partial charge on any atom is -0.388 e. The van der Waals surface area contributed by atoms with Crippen molar-refractivity contribution in [3.8, 4) is 0 Å². The van der Waals surface area contributed by atoms with Crippen LogP contribution in [0.5, 0.6) is 0 Å². The third kappa shape index (κ3) is 27.7. The van der Waals surface area contributed by atoms with Crippen LogP contribution in [0.15, 0.2) is 0 Å². The van der Waals surface area contributed by atoms with Gasteiger partial charge in [0.25, 0.3) is 0 Å². The second-order valence-corrected chi connectivity index (χ2v) is 28.4. The first-order valence-corrected chi connectivity index (χ1v) is 36.8. The molecule has 6 fully saturated rings. The predicted molar refractivity (Wildman–Crippen MR) is 320 cm³/mol. The highest BCUT2D eigenvalue weighted by Crippen LogP contribution is 2.37. The van der Waals surface area contributed by atoms with Gasteiger partial charge in [0.2, 0.25) is 23.6 Å². The van der Waals surface area contributed by atoms with Gasteiger partial charge in [-0.05, 0) is 19.3 Å². The molecule has 0 radical (unpaired) electrons. The van der Waals surface area contributed by atoms with E-state index in [4.69, 9.17) is 56.7 Å². The van der Waals surface area contributed by atoms with Gasteiger partial charge in [-0.3, -0.25) is 37.4 Å². The number of aliphatic hydroxyl groups is 7. The number of ether oxygens (including phenoxy) is 11. The van der Waals surface area contributed by atoms with E-state index >= 15 is 0 Å². The SMILES string of the molecule is CC(=O)NC1C(OC2C(O)C(COS(=O)(=O)O)OC(OC3C(COS(=O)(=O)O)OC(OCCCNC(=O)COCCOCCOCCNC(=O)CCCC[C@@H]4SC[C@@H]5NC(=O)N[C@@H]54)C(NC(C)=O)C3O)C2O)OC(COS(=O)(=O)O)C(OC2OC(COS(=O)(=O)O)C(O)C(O)C2O)C1O. The number of rotatable bonds is 41. The van der Waals surface area contributed by atoms with E-state index in [9.17, 15) is 107 Å². The van der Waals surface area contributed by atoms with Crippen molar-refractivity contribution in [1.82, 2.24) is 31.9 Å². The number of unbranched alkanes of at least 4 members (excludes halogenated alkanes) is 1. The molecule has 17 N–H and O–H groups in total. The van der Waals surface area contributed by atoms with Gasteiger partial charge in [-0.25, -0.2) is 21.5 Å². The Labute approximate surface area is 570 Å². The van der Waals surface area contributed by atoms with Crippen molar-refractivity contribution >= 4 is 83.0 Å². The van der Waals surface area contributed by atoms with Crippen molar-refractivity contribution in [3.63, 3.8) is 0 Å². The minimum absolute atomic E-state index is 0.00821. The van der Waals surface area contributed by atoms with Crippen LogP contribution in [0.4, 0.5) is 4.79 Å². The van der Waals surface area contributed by atoms with E-state index in [-0.39, 0.29) is 76.6 Å². The summed E-state index contributed by atoms with van der Waals surface area (Å²) in [5.74, 6) is -1.74. The van der Waals surface area contributed by atoms with Crippen molar-refractivity contribution in [1.29, 1.82) is 0 Å². The molecule has 6 heterocycles. The molecule has 50 heteroatoms. The van der Waals surface area contributed by atoms with Crippen molar-refractivity contribution in [2.24, 2.45) is 0 Å². The molecule has 23 atom stereocenters. The lowest BCUT2D eigenvalue weighted by atomic mass is 9.94. The third-order valence-electron chi connectivity index (χ3n) is 15.3. The lowest BCUT2D eigenvalue weighted by Crippen LogP contribution is -2.70. The van der Waals surface area contributed by atoms with Crippen LogP contribution in [0.3, 0.4) is 0 Å². The lowest BCUT2D eigenvalue weighted by molar-refractivity contribution is -0.377. The summed E-state index contributed by atoms with van der Waals surface area (Å²) in [6.45, 7) is -3.35. The van der Waals surface area contributed by atoms with Crippen molar-refractivity contribution < 1.29 is 180 Å². The second-order valence-electron chi connectivity index (χ2n) is 22.8. The maximum Gasteiger partial charge on any atom is 0.397 e. The smallest absolute Gasteiger partial charge is 0.388 e. The second kappa shape index (κ2) is 38.9. The van der Waals surface area contributed by atoms with E-state index in [2.05, 4.69) is 48.6 Å².